The molecule has 0 aliphatic rings. The molecular formula is C19H23NO4S. The molecule has 2 aromatic carbocycles. The third-order valence-electron chi connectivity index (χ3n) is 4.05. The van der Waals surface area contributed by atoms with Crippen LogP contribution >= 0.6 is 0 Å². The van der Waals surface area contributed by atoms with Gasteiger partial charge < -0.3 is 5.11 Å². The van der Waals surface area contributed by atoms with Crippen molar-refractivity contribution in [2.24, 2.45) is 5.92 Å². The van der Waals surface area contributed by atoms with Gasteiger partial charge in [0, 0.05) is 0 Å². The van der Waals surface area contributed by atoms with Gasteiger partial charge in [-0.15, -0.1) is 0 Å². The molecule has 5 nitrogen and oxygen atoms in total. The Hall–Kier alpha value is -2.34. The van der Waals surface area contributed by atoms with E-state index < -0.39 is 16.0 Å². The summed E-state index contributed by atoms with van der Waals surface area (Å²) in [6, 6.07) is 11.3. The molecule has 0 fully saturated rings. The Morgan fingerprint density at radius 1 is 1.12 bits per heavy atom. The predicted molar refractivity (Wildman–Crippen MR) is 98.5 cm³/mol. The maximum atomic E-state index is 12.6. The Bertz CT molecular complexity index is 855. The van der Waals surface area contributed by atoms with Crippen molar-refractivity contribution >= 4 is 21.7 Å². The molecular weight excluding hydrogens is 338 g/mol. The fourth-order valence-corrected chi connectivity index (χ4v) is 3.60. The lowest BCUT2D eigenvalue weighted by Crippen LogP contribution is -2.15. The second kappa shape index (κ2) is 7.70. The van der Waals surface area contributed by atoms with Crippen LogP contribution in [0.4, 0.5) is 5.69 Å². The first kappa shape index (κ1) is 19.0. The van der Waals surface area contributed by atoms with Gasteiger partial charge in [-0.05, 0) is 61.1 Å². The average molecular weight is 361 g/mol. The largest absolute Gasteiger partial charge is 0.478 e. The molecule has 0 radical (unpaired) electrons. The van der Waals surface area contributed by atoms with E-state index in [2.05, 4.69) is 18.6 Å². The van der Waals surface area contributed by atoms with Gasteiger partial charge in [-0.2, -0.15) is 0 Å². The molecule has 134 valence electrons. The van der Waals surface area contributed by atoms with Gasteiger partial charge in [-0.3, -0.25) is 4.72 Å². The number of aryl methyl sites for hydroxylation is 1. The van der Waals surface area contributed by atoms with Crippen molar-refractivity contribution in [3.63, 3.8) is 0 Å². The minimum Gasteiger partial charge on any atom is -0.478 e. The topological polar surface area (TPSA) is 83.5 Å². The number of nitrogens with one attached hydrogen (secondary N) is 1. The van der Waals surface area contributed by atoms with E-state index in [1.165, 1.54) is 12.1 Å². The highest BCUT2D eigenvalue weighted by Gasteiger charge is 2.17. The molecule has 0 unspecified atom stereocenters. The molecule has 0 aromatic heterocycles. The highest BCUT2D eigenvalue weighted by atomic mass is 32.2. The zero-order chi connectivity index (χ0) is 18.6. The van der Waals surface area contributed by atoms with Gasteiger partial charge in [0.05, 0.1) is 16.1 Å². The summed E-state index contributed by atoms with van der Waals surface area (Å²) in [5, 5.41) is 9.15. The number of carbonyl (C=O) groups is 1. The van der Waals surface area contributed by atoms with Crippen LogP contribution in [-0.4, -0.2) is 19.5 Å². The summed E-state index contributed by atoms with van der Waals surface area (Å²) < 4.78 is 27.6. The number of carboxylic acids is 1. The van der Waals surface area contributed by atoms with Gasteiger partial charge in [0.1, 0.15) is 0 Å². The molecule has 0 saturated heterocycles. The second-order valence-electron chi connectivity index (χ2n) is 6.47. The molecule has 0 saturated carbocycles. The van der Waals surface area contributed by atoms with Gasteiger partial charge in [-0.25, -0.2) is 13.2 Å². The number of rotatable bonds is 7. The monoisotopic (exact) mass is 361 g/mol. The first-order chi connectivity index (χ1) is 11.7. The van der Waals surface area contributed by atoms with Crippen LogP contribution in [0.2, 0.25) is 0 Å². The fourth-order valence-electron chi connectivity index (χ4n) is 2.47. The Balaban J connectivity index is 2.22. The van der Waals surface area contributed by atoms with Crippen LogP contribution in [0.15, 0.2) is 47.4 Å². The molecule has 0 atom stereocenters. The lowest BCUT2D eigenvalue weighted by molar-refractivity contribution is 0.0696. The van der Waals surface area contributed by atoms with Crippen LogP contribution in [0.25, 0.3) is 0 Å². The van der Waals surface area contributed by atoms with E-state index in [4.69, 9.17) is 5.11 Å². The van der Waals surface area contributed by atoms with E-state index in [1.807, 2.05) is 12.1 Å². The molecule has 0 aliphatic carbocycles. The average Bonchev–Trinajstić information content (AvgIpc) is 2.55. The molecule has 2 rings (SSSR count). The van der Waals surface area contributed by atoms with Crippen LogP contribution in [0.5, 0.6) is 0 Å². The number of sulfonamides is 1. The van der Waals surface area contributed by atoms with E-state index in [0.717, 1.165) is 18.4 Å². The Morgan fingerprint density at radius 3 is 2.32 bits per heavy atom. The van der Waals surface area contributed by atoms with Crippen molar-refractivity contribution < 1.29 is 18.3 Å². The summed E-state index contributed by atoms with van der Waals surface area (Å²) >= 11 is 0. The second-order valence-corrected chi connectivity index (χ2v) is 8.15. The lowest BCUT2D eigenvalue weighted by atomic mass is 10.0. The predicted octanol–water partition coefficient (Wildman–Crippen LogP) is 4.08. The summed E-state index contributed by atoms with van der Waals surface area (Å²) in [7, 11) is -3.77. The lowest BCUT2D eigenvalue weighted by Gasteiger charge is -2.12. The van der Waals surface area contributed by atoms with Crippen LogP contribution in [0.1, 0.15) is 41.8 Å². The number of aromatic carboxylic acids is 1. The number of hydrogen-bond acceptors (Lipinski definition) is 3. The van der Waals surface area contributed by atoms with Crippen LogP contribution < -0.4 is 4.72 Å². The summed E-state index contributed by atoms with van der Waals surface area (Å²) in [5.41, 5.74) is 1.82. The molecule has 6 heteroatoms. The van der Waals surface area contributed by atoms with Gasteiger partial charge in [0.25, 0.3) is 10.0 Å². The summed E-state index contributed by atoms with van der Waals surface area (Å²) in [6.07, 6.45) is 1.96. The van der Waals surface area contributed by atoms with E-state index in [1.54, 1.807) is 25.1 Å². The standard InChI is InChI=1S/C19H23NO4S/c1-13(2)7-8-15-9-11-16(12-10-15)25(23,24)20-18-6-4-5-17(14(18)3)19(21)22/h4-6,9-13,20H,7-8H2,1-3H3,(H,21,22). The molecule has 0 amide bonds. The molecule has 0 heterocycles. The van der Waals surface area contributed by atoms with Gasteiger partial charge in [0.15, 0.2) is 0 Å². The maximum absolute atomic E-state index is 12.6. The zero-order valence-corrected chi connectivity index (χ0v) is 15.4. The number of anilines is 1. The first-order valence-electron chi connectivity index (χ1n) is 8.15. The number of carboxylic acid groups (broad SMARTS) is 1. The molecule has 0 aliphatic heterocycles. The SMILES string of the molecule is Cc1c(NS(=O)(=O)c2ccc(CCC(C)C)cc2)cccc1C(=O)O. The molecule has 2 aromatic rings. The van der Waals surface area contributed by atoms with Crippen LogP contribution in [-0.2, 0) is 16.4 Å². The van der Waals surface area contributed by atoms with E-state index in [-0.39, 0.29) is 16.1 Å². The number of hydrogen-bond donors (Lipinski definition) is 2. The van der Waals surface area contributed by atoms with Crippen molar-refractivity contribution in [2.45, 2.75) is 38.5 Å². The van der Waals surface area contributed by atoms with Crippen LogP contribution in [0.3, 0.4) is 0 Å². The van der Waals surface area contributed by atoms with E-state index in [9.17, 15) is 13.2 Å². The third kappa shape index (κ3) is 4.82. The molecule has 0 bridgehead atoms. The van der Waals surface area contributed by atoms with Crippen molar-refractivity contribution in [2.75, 3.05) is 4.72 Å². The van der Waals surface area contributed by atoms with Crippen molar-refractivity contribution in [1.29, 1.82) is 0 Å². The molecule has 25 heavy (non-hydrogen) atoms. The van der Waals surface area contributed by atoms with Crippen molar-refractivity contribution in [3.8, 4) is 0 Å². The van der Waals surface area contributed by atoms with Crippen molar-refractivity contribution in [3.05, 3.63) is 59.2 Å². The van der Waals surface area contributed by atoms with Crippen molar-refractivity contribution in [1.82, 2.24) is 0 Å². The quantitative estimate of drug-likeness (QED) is 0.778. The summed E-state index contributed by atoms with van der Waals surface area (Å²) in [6.45, 7) is 5.88. The van der Waals surface area contributed by atoms with Gasteiger partial charge in [-0.1, -0.05) is 32.0 Å². The smallest absolute Gasteiger partial charge is 0.336 e. The van der Waals surface area contributed by atoms with E-state index in [0.29, 0.717) is 11.5 Å². The minimum atomic E-state index is -3.77. The van der Waals surface area contributed by atoms with Gasteiger partial charge >= 0.3 is 5.97 Å². The summed E-state index contributed by atoms with van der Waals surface area (Å²) in [4.78, 5) is 11.3. The highest BCUT2D eigenvalue weighted by molar-refractivity contribution is 7.92. The Morgan fingerprint density at radius 2 is 1.76 bits per heavy atom. The van der Waals surface area contributed by atoms with Crippen LogP contribution in [0, 0.1) is 12.8 Å². The summed E-state index contributed by atoms with van der Waals surface area (Å²) in [5.74, 6) is -0.498. The Kier molecular flexibility index (Phi) is 5.85. The minimum absolute atomic E-state index is 0.0734. The normalized spacial score (nSPS) is 11.5. The first-order valence-corrected chi connectivity index (χ1v) is 9.63. The fraction of sp³-hybridized carbons (Fsp3) is 0.316. The number of benzene rings is 2. The van der Waals surface area contributed by atoms with Gasteiger partial charge in [0.2, 0.25) is 0 Å². The zero-order valence-electron chi connectivity index (χ0n) is 14.6. The highest BCUT2D eigenvalue weighted by Crippen LogP contribution is 2.23. The van der Waals surface area contributed by atoms with E-state index >= 15 is 0 Å². The third-order valence-corrected chi connectivity index (χ3v) is 5.43. The molecule has 2 N–H and O–H groups in total. The maximum Gasteiger partial charge on any atom is 0.336 e. The molecule has 0 spiro atoms. The Labute approximate surface area is 148 Å².